The zero-order valence-electron chi connectivity index (χ0n) is 11.4. The fraction of sp³-hybridized carbons (Fsp3) is 0.357. The molecule has 1 aromatic heterocycles. The zero-order valence-corrected chi connectivity index (χ0v) is 12.2. The van der Waals surface area contributed by atoms with E-state index in [1.165, 1.54) is 10.9 Å². The topological polar surface area (TPSA) is 28.2 Å². The first kappa shape index (κ1) is 14.0. The van der Waals surface area contributed by atoms with E-state index in [1.807, 2.05) is 31.3 Å². The van der Waals surface area contributed by atoms with Gasteiger partial charge in [0.2, 0.25) is 0 Å². The fourth-order valence-electron chi connectivity index (χ4n) is 1.77. The second kappa shape index (κ2) is 6.12. The van der Waals surface area contributed by atoms with Crippen LogP contribution in [0.1, 0.15) is 23.4 Å². The summed E-state index contributed by atoms with van der Waals surface area (Å²) < 4.78 is 13.1. The fourth-order valence-corrected chi connectivity index (χ4v) is 2.71. The molecule has 0 amide bonds. The van der Waals surface area contributed by atoms with Crippen molar-refractivity contribution < 1.29 is 4.39 Å². The van der Waals surface area contributed by atoms with Crippen LogP contribution in [0.25, 0.3) is 0 Å². The maximum absolute atomic E-state index is 13.1. The van der Waals surface area contributed by atoms with Gasteiger partial charge in [-0.1, -0.05) is 12.1 Å². The summed E-state index contributed by atoms with van der Waals surface area (Å²) >= 11 is 1.66. The normalized spacial score (nSPS) is 12.4. The molecule has 0 aliphatic rings. The van der Waals surface area contributed by atoms with Crippen molar-refractivity contribution in [3.63, 3.8) is 0 Å². The van der Waals surface area contributed by atoms with Gasteiger partial charge < -0.3 is 10.2 Å². The van der Waals surface area contributed by atoms with Gasteiger partial charge in [0.05, 0.1) is 0 Å². The van der Waals surface area contributed by atoms with E-state index in [-0.39, 0.29) is 5.82 Å². The lowest BCUT2D eigenvalue weighted by atomic mass is 10.2. The van der Waals surface area contributed by atoms with E-state index in [9.17, 15) is 4.39 Å². The number of hydrogen-bond donors (Lipinski definition) is 1. The minimum Gasteiger partial charge on any atom is -0.347 e. The van der Waals surface area contributed by atoms with Crippen LogP contribution in [0.5, 0.6) is 0 Å². The van der Waals surface area contributed by atoms with Gasteiger partial charge in [-0.05, 0) is 31.7 Å². The van der Waals surface area contributed by atoms with Crippen LogP contribution in [0, 0.1) is 5.82 Å². The second-order valence-corrected chi connectivity index (χ2v) is 5.58. The molecule has 0 aliphatic heterocycles. The number of rotatable bonds is 5. The number of hydrogen-bond acceptors (Lipinski definition) is 4. The summed E-state index contributed by atoms with van der Waals surface area (Å²) in [5.74, 6) is -0.200. The Balaban J connectivity index is 2.07. The van der Waals surface area contributed by atoms with Gasteiger partial charge in [-0.2, -0.15) is 0 Å². The SMILES string of the molecule is CNC(C)c1cnc(N(C)Cc2cccc(F)c2)s1. The Hall–Kier alpha value is -1.46. The lowest BCUT2D eigenvalue weighted by Crippen LogP contribution is -2.16. The molecule has 1 aromatic carbocycles. The van der Waals surface area contributed by atoms with Gasteiger partial charge in [-0.3, -0.25) is 0 Å². The molecule has 0 saturated carbocycles. The Morgan fingerprint density at radius 3 is 2.95 bits per heavy atom. The van der Waals surface area contributed by atoms with E-state index < -0.39 is 0 Å². The Labute approximate surface area is 117 Å². The van der Waals surface area contributed by atoms with Gasteiger partial charge in [0.1, 0.15) is 5.82 Å². The number of benzene rings is 1. The smallest absolute Gasteiger partial charge is 0.185 e. The highest BCUT2D eigenvalue weighted by atomic mass is 32.1. The molecule has 1 N–H and O–H groups in total. The summed E-state index contributed by atoms with van der Waals surface area (Å²) in [6, 6.07) is 6.97. The molecule has 0 radical (unpaired) electrons. The van der Waals surface area contributed by atoms with Crippen LogP contribution in [-0.2, 0) is 6.54 Å². The van der Waals surface area contributed by atoms with E-state index in [1.54, 1.807) is 23.5 Å². The van der Waals surface area contributed by atoms with Gasteiger partial charge in [0.25, 0.3) is 0 Å². The van der Waals surface area contributed by atoms with Crippen LogP contribution in [0.2, 0.25) is 0 Å². The van der Waals surface area contributed by atoms with Crippen LogP contribution >= 0.6 is 11.3 Å². The standard InChI is InChI=1S/C14H18FN3S/c1-10(16-2)13-8-17-14(19-13)18(3)9-11-5-4-6-12(15)7-11/h4-8,10,16H,9H2,1-3H3. The zero-order chi connectivity index (χ0) is 13.8. The minimum absolute atomic E-state index is 0.200. The van der Waals surface area contributed by atoms with Crippen molar-refractivity contribution in [3.8, 4) is 0 Å². The third-order valence-electron chi connectivity index (χ3n) is 3.01. The molecule has 3 nitrogen and oxygen atoms in total. The van der Waals surface area contributed by atoms with Crippen LogP contribution in [-0.4, -0.2) is 19.1 Å². The van der Waals surface area contributed by atoms with Gasteiger partial charge in [-0.25, -0.2) is 9.37 Å². The molecule has 5 heteroatoms. The average molecular weight is 279 g/mol. The molecule has 2 rings (SSSR count). The molecule has 102 valence electrons. The summed E-state index contributed by atoms with van der Waals surface area (Å²) in [5.41, 5.74) is 0.945. The summed E-state index contributed by atoms with van der Waals surface area (Å²) in [5, 5.41) is 4.14. The highest BCUT2D eigenvalue weighted by Crippen LogP contribution is 2.27. The first-order chi connectivity index (χ1) is 9.10. The molecule has 2 aromatic rings. The van der Waals surface area contributed by atoms with Crippen molar-refractivity contribution in [3.05, 3.63) is 46.7 Å². The van der Waals surface area contributed by atoms with Crippen molar-refractivity contribution >= 4 is 16.5 Å². The van der Waals surface area contributed by atoms with E-state index in [4.69, 9.17) is 0 Å². The summed E-state index contributed by atoms with van der Waals surface area (Å²) in [6.45, 7) is 2.75. The molecular formula is C14H18FN3S. The maximum Gasteiger partial charge on any atom is 0.185 e. The number of aromatic nitrogens is 1. The van der Waals surface area contributed by atoms with Gasteiger partial charge in [0.15, 0.2) is 5.13 Å². The lowest BCUT2D eigenvalue weighted by Gasteiger charge is -2.15. The Bertz CT molecular complexity index is 541. The van der Waals surface area contributed by atoms with Crippen molar-refractivity contribution in [2.75, 3.05) is 19.0 Å². The van der Waals surface area contributed by atoms with Crippen LogP contribution in [0.3, 0.4) is 0 Å². The molecule has 1 atom stereocenters. The van der Waals surface area contributed by atoms with E-state index in [0.29, 0.717) is 12.6 Å². The predicted octanol–water partition coefficient (Wildman–Crippen LogP) is 3.20. The Morgan fingerprint density at radius 2 is 2.26 bits per heavy atom. The number of nitrogens with one attached hydrogen (secondary N) is 1. The maximum atomic E-state index is 13.1. The molecule has 1 unspecified atom stereocenters. The van der Waals surface area contributed by atoms with Gasteiger partial charge >= 0.3 is 0 Å². The molecule has 0 bridgehead atoms. The highest BCUT2D eigenvalue weighted by Gasteiger charge is 2.11. The Morgan fingerprint density at radius 1 is 1.47 bits per heavy atom. The Kier molecular flexibility index (Phi) is 4.50. The van der Waals surface area contributed by atoms with Crippen molar-refractivity contribution in [2.45, 2.75) is 19.5 Å². The molecule has 1 heterocycles. The van der Waals surface area contributed by atoms with Crippen LogP contribution < -0.4 is 10.2 Å². The third-order valence-corrected chi connectivity index (χ3v) is 4.30. The molecule has 0 fully saturated rings. The molecule has 0 aliphatic carbocycles. The van der Waals surface area contributed by atoms with Crippen LogP contribution in [0.15, 0.2) is 30.5 Å². The lowest BCUT2D eigenvalue weighted by molar-refractivity contribution is 0.625. The first-order valence-corrected chi connectivity index (χ1v) is 7.00. The average Bonchev–Trinajstić information content (AvgIpc) is 2.87. The summed E-state index contributed by atoms with van der Waals surface area (Å²) in [6.07, 6.45) is 1.89. The summed E-state index contributed by atoms with van der Waals surface area (Å²) in [4.78, 5) is 7.65. The third kappa shape index (κ3) is 3.52. The van der Waals surface area contributed by atoms with Crippen molar-refractivity contribution in [1.82, 2.24) is 10.3 Å². The number of thiazole rings is 1. The van der Waals surface area contributed by atoms with E-state index in [2.05, 4.69) is 17.2 Å². The number of anilines is 1. The van der Waals surface area contributed by atoms with E-state index in [0.717, 1.165) is 10.7 Å². The second-order valence-electron chi connectivity index (χ2n) is 4.54. The monoisotopic (exact) mass is 279 g/mol. The number of halogens is 1. The van der Waals surface area contributed by atoms with E-state index >= 15 is 0 Å². The van der Waals surface area contributed by atoms with Gasteiger partial charge in [-0.15, -0.1) is 11.3 Å². The van der Waals surface area contributed by atoms with Crippen molar-refractivity contribution in [1.29, 1.82) is 0 Å². The molecular weight excluding hydrogens is 261 g/mol. The minimum atomic E-state index is -0.200. The van der Waals surface area contributed by atoms with Crippen LogP contribution in [0.4, 0.5) is 9.52 Å². The number of nitrogens with zero attached hydrogens (tertiary/aromatic N) is 2. The quantitative estimate of drug-likeness (QED) is 0.911. The molecule has 19 heavy (non-hydrogen) atoms. The van der Waals surface area contributed by atoms with Gasteiger partial charge in [0, 0.05) is 30.7 Å². The highest BCUT2D eigenvalue weighted by molar-refractivity contribution is 7.15. The predicted molar refractivity (Wildman–Crippen MR) is 78.1 cm³/mol. The molecule has 0 saturated heterocycles. The first-order valence-electron chi connectivity index (χ1n) is 6.18. The summed E-state index contributed by atoms with van der Waals surface area (Å²) in [7, 11) is 3.90. The van der Waals surface area contributed by atoms with Crippen molar-refractivity contribution in [2.24, 2.45) is 0 Å². The molecule has 0 spiro atoms. The largest absolute Gasteiger partial charge is 0.347 e.